The molecular formula is C28H32N2O7. The van der Waals surface area contributed by atoms with Crippen molar-refractivity contribution in [2.45, 2.75) is 33.6 Å². The lowest BCUT2D eigenvalue weighted by Gasteiger charge is -2.34. The molecule has 9 heteroatoms. The van der Waals surface area contributed by atoms with Gasteiger partial charge in [-0.25, -0.2) is 0 Å². The smallest absolute Gasteiger partial charge is 0.310 e. The minimum absolute atomic E-state index is 0.165. The monoisotopic (exact) mass is 508 g/mol. The van der Waals surface area contributed by atoms with E-state index in [1.165, 1.54) is 4.90 Å². The van der Waals surface area contributed by atoms with Gasteiger partial charge in [0.2, 0.25) is 5.91 Å². The van der Waals surface area contributed by atoms with Gasteiger partial charge >= 0.3 is 5.97 Å². The number of esters is 1. The summed E-state index contributed by atoms with van der Waals surface area (Å²) >= 11 is 0. The quantitative estimate of drug-likeness (QED) is 0.399. The maximum Gasteiger partial charge on any atom is 0.310 e. The van der Waals surface area contributed by atoms with Crippen LogP contribution in [0.4, 0.5) is 5.69 Å². The third-order valence-corrected chi connectivity index (χ3v) is 6.67. The summed E-state index contributed by atoms with van der Waals surface area (Å²) in [4.78, 5) is 54.0. The van der Waals surface area contributed by atoms with Gasteiger partial charge in [0.05, 0.1) is 18.2 Å². The SMILES string of the molecule is CCOC(=O)C1CCCN(C(=O)CN2C(=O)COc3ccc(C(=O)COc4c(C)cccc4C)cc32)C1. The Bertz CT molecular complexity index is 1190. The molecule has 37 heavy (non-hydrogen) atoms. The highest BCUT2D eigenvalue weighted by Crippen LogP contribution is 2.33. The molecule has 2 aliphatic rings. The number of Topliss-reactive ketones (excluding diaryl/α,β-unsaturated/α-hetero) is 1. The molecule has 0 N–H and O–H groups in total. The maximum atomic E-state index is 13.1. The number of likely N-dealkylation sites (tertiary alicyclic amines) is 1. The lowest BCUT2D eigenvalue weighted by Crippen LogP contribution is -2.49. The van der Waals surface area contributed by atoms with Crippen LogP contribution in [0.5, 0.6) is 11.5 Å². The van der Waals surface area contributed by atoms with Crippen molar-refractivity contribution < 1.29 is 33.4 Å². The highest BCUT2D eigenvalue weighted by molar-refractivity contribution is 6.04. The number of carbonyl (C=O) groups excluding carboxylic acids is 4. The van der Waals surface area contributed by atoms with E-state index in [1.807, 2.05) is 32.0 Å². The zero-order valence-electron chi connectivity index (χ0n) is 21.5. The predicted molar refractivity (Wildman–Crippen MR) is 136 cm³/mol. The van der Waals surface area contributed by atoms with Crippen LogP contribution in [0.2, 0.25) is 0 Å². The van der Waals surface area contributed by atoms with Gasteiger partial charge < -0.3 is 19.1 Å². The average molecular weight is 509 g/mol. The molecule has 0 saturated carbocycles. The summed E-state index contributed by atoms with van der Waals surface area (Å²) < 4.78 is 16.5. The zero-order chi connectivity index (χ0) is 26.5. The van der Waals surface area contributed by atoms with Crippen molar-refractivity contribution in [2.24, 2.45) is 5.92 Å². The number of hydrogen-bond donors (Lipinski definition) is 0. The van der Waals surface area contributed by atoms with Crippen LogP contribution in [-0.2, 0) is 19.1 Å². The summed E-state index contributed by atoms with van der Waals surface area (Å²) in [6, 6.07) is 10.6. The molecule has 1 fully saturated rings. The van der Waals surface area contributed by atoms with Crippen molar-refractivity contribution in [2.75, 3.05) is 44.4 Å². The van der Waals surface area contributed by atoms with Crippen LogP contribution in [0.1, 0.15) is 41.3 Å². The summed E-state index contributed by atoms with van der Waals surface area (Å²) in [5.74, 6) is -0.500. The predicted octanol–water partition coefficient (Wildman–Crippen LogP) is 3.09. The molecule has 0 aliphatic carbocycles. The number of ketones is 1. The molecule has 2 aromatic rings. The molecule has 9 nitrogen and oxygen atoms in total. The number of aryl methyl sites for hydroxylation is 2. The molecule has 196 valence electrons. The maximum absolute atomic E-state index is 13.1. The van der Waals surface area contributed by atoms with Gasteiger partial charge in [0.15, 0.2) is 19.0 Å². The van der Waals surface area contributed by atoms with Crippen molar-refractivity contribution in [3.8, 4) is 11.5 Å². The largest absolute Gasteiger partial charge is 0.485 e. The number of para-hydroxylation sites is 1. The second kappa shape index (κ2) is 11.5. The second-order valence-electron chi connectivity index (χ2n) is 9.31. The Balaban J connectivity index is 1.47. The van der Waals surface area contributed by atoms with E-state index < -0.39 is 0 Å². The Kier molecular flexibility index (Phi) is 8.11. The molecule has 1 saturated heterocycles. The van der Waals surface area contributed by atoms with E-state index in [0.29, 0.717) is 48.7 Å². The molecule has 0 bridgehead atoms. The minimum atomic E-state index is -0.379. The second-order valence-corrected chi connectivity index (χ2v) is 9.31. The highest BCUT2D eigenvalue weighted by atomic mass is 16.5. The summed E-state index contributed by atoms with van der Waals surface area (Å²) in [6.07, 6.45) is 1.35. The Morgan fingerprint density at radius 1 is 1.11 bits per heavy atom. The molecule has 0 aromatic heterocycles. The fourth-order valence-corrected chi connectivity index (χ4v) is 4.69. The molecule has 1 atom stereocenters. The Hall–Kier alpha value is -3.88. The molecule has 1 unspecified atom stereocenters. The number of hydrogen-bond acceptors (Lipinski definition) is 7. The third kappa shape index (κ3) is 5.93. The molecule has 0 radical (unpaired) electrons. The summed E-state index contributed by atoms with van der Waals surface area (Å²) in [5, 5.41) is 0. The van der Waals surface area contributed by atoms with Crippen molar-refractivity contribution in [3.63, 3.8) is 0 Å². The van der Waals surface area contributed by atoms with Crippen LogP contribution in [0.3, 0.4) is 0 Å². The Morgan fingerprint density at radius 3 is 2.59 bits per heavy atom. The van der Waals surface area contributed by atoms with Crippen LogP contribution < -0.4 is 14.4 Å². The first-order chi connectivity index (χ1) is 17.8. The number of carbonyl (C=O) groups is 4. The van der Waals surface area contributed by atoms with Gasteiger partial charge in [-0.1, -0.05) is 18.2 Å². The van der Waals surface area contributed by atoms with Crippen molar-refractivity contribution in [1.29, 1.82) is 0 Å². The van der Waals surface area contributed by atoms with Crippen LogP contribution in [0.25, 0.3) is 0 Å². The van der Waals surface area contributed by atoms with Gasteiger partial charge in [0, 0.05) is 18.7 Å². The highest BCUT2D eigenvalue weighted by Gasteiger charge is 2.33. The fraction of sp³-hybridized carbons (Fsp3) is 0.429. The summed E-state index contributed by atoms with van der Waals surface area (Å²) in [6.45, 7) is 6.07. The molecule has 2 aromatic carbocycles. The molecule has 4 rings (SSSR count). The van der Waals surface area contributed by atoms with E-state index in [1.54, 1.807) is 30.0 Å². The summed E-state index contributed by atoms with van der Waals surface area (Å²) in [5.41, 5.74) is 2.58. The topological polar surface area (TPSA) is 102 Å². The molecule has 2 amide bonds. The van der Waals surface area contributed by atoms with Crippen LogP contribution in [-0.4, -0.2) is 67.9 Å². The van der Waals surface area contributed by atoms with Crippen LogP contribution in [0.15, 0.2) is 36.4 Å². The van der Waals surface area contributed by atoms with E-state index >= 15 is 0 Å². The third-order valence-electron chi connectivity index (χ3n) is 6.67. The van der Waals surface area contributed by atoms with Crippen LogP contribution in [0, 0.1) is 19.8 Å². The molecule has 0 spiro atoms. The van der Waals surface area contributed by atoms with Crippen molar-refractivity contribution >= 4 is 29.3 Å². The van der Waals surface area contributed by atoms with Gasteiger partial charge in [0.25, 0.3) is 5.91 Å². The number of anilines is 1. The number of fused-ring (bicyclic) bond motifs is 1. The lowest BCUT2D eigenvalue weighted by molar-refractivity contribution is -0.151. The van der Waals surface area contributed by atoms with Gasteiger partial charge in [0.1, 0.15) is 18.0 Å². The van der Waals surface area contributed by atoms with E-state index in [9.17, 15) is 19.2 Å². The number of amides is 2. The average Bonchev–Trinajstić information content (AvgIpc) is 2.89. The molecule has 2 aliphatic heterocycles. The number of nitrogens with zero attached hydrogens (tertiary/aromatic N) is 2. The summed E-state index contributed by atoms with van der Waals surface area (Å²) in [7, 11) is 0. The van der Waals surface area contributed by atoms with Gasteiger partial charge in [-0.15, -0.1) is 0 Å². The van der Waals surface area contributed by atoms with E-state index in [0.717, 1.165) is 11.1 Å². The van der Waals surface area contributed by atoms with Crippen molar-refractivity contribution in [1.82, 2.24) is 4.90 Å². The first-order valence-electron chi connectivity index (χ1n) is 12.5. The van der Waals surface area contributed by atoms with Gasteiger partial charge in [-0.05, 0) is 62.9 Å². The number of benzene rings is 2. The normalized spacial score (nSPS) is 17.1. The number of piperidine rings is 1. The van der Waals surface area contributed by atoms with E-state index in [-0.39, 0.29) is 55.8 Å². The fourth-order valence-electron chi connectivity index (χ4n) is 4.69. The number of ether oxygens (including phenoxy) is 3. The molecule has 2 heterocycles. The van der Waals surface area contributed by atoms with Gasteiger partial charge in [-0.2, -0.15) is 0 Å². The van der Waals surface area contributed by atoms with Gasteiger partial charge in [-0.3, -0.25) is 24.1 Å². The first-order valence-corrected chi connectivity index (χ1v) is 12.5. The molecular weight excluding hydrogens is 476 g/mol. The van der Waals surface area contributed by atoms with E-state index in [2.05, 4.69) is 0 Å². The van der Waals surface area contributed by atoms with Crippen molar-refractivity contribution in [3.05, 3.63) is 53.1 Å². The number of rotatable bonds is 8. The van der Waals surface area contributed by atoms with Crippen LogP contribution >= 0.6 is 0 Å². The minimum Gasteiger partial charge on any atom is -0.485 e. The first kappa shape index (κ1) is 26.2. The Labute approximate surface area is 216 Å². The zero-order valence-corrected chi connectivity index (χ0v) is 21.5. The lowest BCUT2D eigenvalue weighted by atomic mass is 9.98. The Morgan fingerprint density at radius 2 is 1.86 bits per heavy atom. The standard InChI is InChI=1S/C28H32N2O7/c1-4-35-28(34)21-9-6-12-29(14-21)25(32)15-30-22-13-20(10-11-24(22)36-17-26(30)33)23(31)16-37-27-18(2)7-5-8-19(27)3/h5,7-8,10-11,13,21H,4,6,9,12,14-17H2,1-3H3. The van der Waals surface area contributed by atoms with E-state index in [4.69, 9.17) is 14.2 Å².